The van der Waals surface area contributed by atoms with E-state index >= 15 is 0 Å². The molecule has 2 aromatic carbocycles. The highest BCUT2D eigenvalue weighted by molar-refractivity contribution is 7.99. The van der Waals surface area contributed by atoms with Gasteiger partial charge < -0.3 is 10.6 Å². The molecule has 4 heteroatoms. The molecule has 3 nitrogen and oxygen atoms in total. The minimum atomic E-state index is -0.0563. The van der Waals surface area contributed by atoms with Gasteiger partial charge in [-0.3, -0.25) is 4.79 Å². The monoisotopic (exact) mass is 300 g/mol. The predicted octanol–water partition coefficient (Wildman–Crippen LogP) is 3.77. The Bertz CT molecular complexity index is 596. The second kappa shape index (κ2) is 7.74. The fraction of sp³-hybridized carbons (Fsp3) is 0.235. The van der Waals surface area contributed by atoms with Crippen molar-refractivity contribution in [3.05, 3.63) is 59.7 Å². The van der Waals surface area contributed by atoms with Gasteiger partial charge in [0.25, 0.3) is 5.91 Å². The van der Waals surface area contributed by atoms with Crippen molar-refractivity contribution in [2.75, 3.05) is 18.1 Å². The fourth-order valence-electron chi connectivity index (χ4n) is 2.01. The normalized spacial score (nSPS) is 10.2. The molecule has 0 aromatic heterocycles. The molecule has 0 fully saturated rings. The molecule has 1 amide bonds. The Morgan fingerprint density at radius 3 is 2.48 bits per heavy atom. The third kappa shape index (κ3) is 4.26. The molecule has 2 rings (SSSR count). The molecule has 0 bridgehead atoms. The van der Waals surface area contributed by atoms with Crippen molar-refractivity contribution in [3.63, 3.8) is 0 Å². The number of benzene rings is 2. The standard InChI is InChI=1S/C17H20N2OS/c1-3-21-16-7-5-4-6-15(16)19-12-13-8-10-14(11-9-13)17(20)18-2/h4-11,19H,3,12H2,1-2H3,(H,18,20). The molecule has 2 aromatic rings. The zero-order valence-electron chi connectivity index (χ0n) is 12.3. The number of hydrogen-bond donors (Lipinski definition) is 2. The van der Waals surface area contributed by atoms with Crippen LogP contribution in [0.2, 0.25) is 0 Å². The smallest absolute Gasteiger partial charge is 0.251 e. The van der Waals surface area contributed by atoms with E-state index < -0.39 is 0 Å². The van der Waals surface area contributed by atoms with Crippen molar-refractivity contribution in [1.82, 2.24) is 5.32 Å². The van der Waals surface area contributed by atoms with Crippen molar-refractivity contribution in [1.29, 1.82) is 0 Å². The lowest BCUT2D eigenvalue weighted by atomic mass is 10.1. The Hall–Kier alpha value is -1.94. The highest BCUT2D eigenvalue weighted by Gasteiger charge is 2.04. The second-order valence-corrected chi connectivity index (χ2v) is 5.86. The number of nitrogens with one attached hydrogen (secondary N) is 2. The van der Waals surface area contributed by atoms with Crippen LogP contribution >= 0.6 is 11.8 Å². The van der Waals surface area contributed by atoms with Crippen LogP contribution in [0, 0.1) is 0 Å². The summed E-state index contributed by atoms with van der Waals surface area (Å²) in [6.45, 7) is 2.90. The third-order valence-electron chi connectivity index (χ3n) is 3.11. The number of anilines is 1. The molecule has 21 heavy (non-hydrogen) atoms. The molecule has 0 radical (unpaired) electrons. The van der Waals surface area contributed by atoms with Crippen molar-refractivity contribution in [3.8, 4) is 0 Å². The highest BCUT2D eigenvalue weighted by Crippen LogP contribution is 2.26. The summed E-state index contributed by atoms with van der Waals surface area (Å²) in [4.78, 5) is 12.8. The first kappa shape index (κ1) is 15.4. The van der Waals surface area contributed by atoms with Crippen LogP contribution in [-0.2, 0) is 6.54 Å². The summed E-state index contributed by atoms with van der Waals surface area (Å²) in [7, 11) is 1.64. The summed E-state index contributed by atoms with van der Waals surface area (Å²) in [5, 5.41) is 6.08. The number of para-hydroxylation sites is 1. The summed E-state index contributed by atoms with van der Waals surface area (Å²) < 4.78 is 0. The Labute approximate surface area is 130 Å². The van der Waals surface area contributed by atoms with E-state index in [-0.39, 0.29) is 5.91 Å². The van der Waals surface area contributed by atoms with Gasteiger partial charge in [-0.05, 0) is 35.6 Å². The Balaban J connectivity index is 2.01. The molecular weight excluding hydrogens is 280 g/mol. The van der Waals surface area contributed by atoms with Crippen LogP contribution in [0.25, 0.3) is 0 Å². The molecule has 0 saturated carbocycles. The number of rotatable bonds is 6. The summed E-state index contributed by atoms with van der Waals surface area (Å²) in [6.07, 6.45) is 0. The maximum Gasteiger partial charge on any atom is 0.251 e. The van der Waals surface area contributed by atoms with Gasteiger partial charge in [0.05, 0.1) is 0 Å². The van der Waals surface area contributed by atoms with Gasteiger partial charge in [-0.2, -0.15) is 0 Å². The second-order valence-electron chi connectivity index (χ2n) is 4.56. The minimum Gasteiger partial charge on any atom is -0.380 e. The molecule has 0 saturated heterocycles. The molecule has 2 N–H and O–H groups in total. The predicted molar refractivity (Wildman–Crippen MR) is 90.0 cm³/mol. The van der Waals surface area contributed by atoms with E-state index in [9.17, 15) is 4.79 Å². The van der Waals surface area contributed by atoms with E-state index in [4.69, 9.17) is 0 Å². The summed E-state index contributed by atoms with van der Waals surface area (Å²) >= 11 is 1.83. The quantitative estimate of drug-likeness (QED) is 0.798. The number of carbonyl (C=O) groups is 1. The first-order valence-electron chi connectivity index (χ1n) is 7.01. The lowest BCUT2D eigenvalue weighted by molar-refractivity contribution is 0.0963. The maximum atomic E-state index is 11.5. The lowest BCUT2D eigenvalue weighted by Gasteiger charge is -2.11. The van der Waals surface area contributed by atoms with Crippen LogP contribution in [-0.4, -0.2) is 18.7 Å². The van der Waals surface area contributed by atoms with Crippen LogP contribution in [0.5, 0.6) is 0 Å². The Morgan fingerprint density at radius 2 is 1.81 bits per heavy atom. The zero-order valence-corrected chi connectivity index (χ0v) is 13.2. The average Bonchev–Trinajstić information content (AvgIpc) is 2.54. The van der Waals surface area contributed by atoms with Crippen LogP contribution < -0.4 is 10.6 Å². The first-order chi connectivity index (χ1) is 10.2. The SMILES string of the molecule is CCSc1ccccc1NCc1ccc(C(=O)NC)cc1. The number of amides is 1. The lowest BCUT2D eigenvalue weighted by Crippen LogP contribution is -2.17. The van der Waals surface area contributed by atoms with E-state index in [0.717, 1.165) is 23.5 Å². The molecule has 0 unspecified atom stereocenters. The van der Waals surface area contributed by atoms with Gasteiger partial charge in [0.1, 0.15) is 0 Å². The number of carbonyl (C=O) groups excluding carboxylic acids is 1. The van der Waals surface area contributed by atoms with Gasteiger partial charge in [0, 0.05) is 29.7 Å². The van der Waals surface area contributed by atoms with E-state index in [2.05, 4.69) is 35.8 Å². The van der Waals surface area contributed by atoms with Crippen LogP contribution in [0.3, 0.4) is 0 Å². The molecule has 110 valence electrons. The van der Waals surface area contributed by atoms with Gasteiger partial charge in [0.15, 0.2) is 0 Å². The Morgan fingerprint density at radius 1 is 1.10 bits per heavy atom. The van der Waals surface area contributed by atoms with Crippen LogP contribution in [0.15, 0.2) is 53.4 Å². The molecule has 0 heterocycles. The van der Waals surface area contributed by atoms with Crippen molar-refractivity contribution >= 4 is 23.4 Å². The van der Waals surface area contributed by atoms with Crippen molar-refractivity contribution in [2.45, 2.75) is 18.4 Å². The summed E-state index contributed by atoms with van der Waals surface area (Å²) in [5.41, 5.74) is 2.99. The summed E-state index contributed by atoms with van der Waals surface area (Å²) in [5.74, 6) is 0.999. The number of hydrogen-bond acceptors (Lipinski definition) is 3. The van der Waals surface area contributed by atoms with Gasteiger partial charge >= 0.3 is 0 Å². The minimum absolute atomic E-state index is 0.0563. The molecular formula is C17H20N2OS. The van der Waals surface area contributed by atoms with Gasteiger partial charge in [0.2, 0.25) is 0 Å². The Kier molecular flexibility index (Phi) is 5.69. The summed E-state index contributed by atoms with van der Waals surface area (Å²) in [6, 6.07) is 16.0. The van der Waals surface area contributed by atoms with Crippen LogP contribution in [0.1, 0.15) is 22.8 Å². The van der Waals surface area contributed by atoms with Crippen molar-refractivity contribution in [2.24, 2.45) is 0 Å². The fourth-order valence-corrected chi connectivity index (χ4v) is 2.79. The molecule has 0 aliphatic carbocycles. The van der Waals surface area contributed by atoms with Gasteiger partial charge in [-0.1, -0.05) is 31.2 Å². The molecule has 0 aliphatic rings. The average molecular weight is 300 g/mol. The topological polar surface area (TPSA) is 41.1 Å². The number of thioether (sulfide) groups is 1. The van der Waals surface area contributed by atoms with E-state index in [1.165, 1.54) is 4.90 Å². The third-order valence-corrected chi connectivity index (χ3v) is 4.07. The van der Waals surface area contributed by atoms with Gasteiger partial charge in [-0.25, -0.2) is 0 Å². The first-order valence-corrected chi connectivity index (χ1v) is 8.00. The van der Waals surface area contributed by atoms with Crippen LogP contribution in [0.4, 0.5) is 5.69 Å². The molecule has 0 atom stereocenters. The zero-order chi connectivity index (χ0) is 15.1. The van der Waals surface area contributed by atoms with Crippen molar-refractivity contribution < 1.29 is 4.79 Å². The molecule has 0 spiro atoms. The highest BCUT2D eigenvalue weighted by atomic mass is 32.2. The van der Waals surface area contributed by atoms with Gasteiger partial charge in [-0.15, -0.1) is 11.8 Å². The van der Waals surface area contributed by atoms with E-state index in [1.807, 2.05) is 42.1 Å². The van der Waals surface area contributed by atoms with E-state index in [1.54, 1.807) is 7.05 Å². The largest absolute Gasteiger partial charge is 0.380 e. The maximum absolute atomic E-state index is 11.5. The molecule has 0 aliphatic heterocycles. The van der Waals surface area contributed by atoms with E-state index in [0.29, 0.717) is 5.56 Å².